The topological polar surface area (TPSA) is 71.5 Å². The van der Waals surface area contributed by atoms with Crippen LogP contribution < -0.4 is 9.64 Å². The van der Waals surface area contributed by atoms with E-state index in [1.54, 1.807) is 23.6 Å². The molecular formula is C22H20ClN5O2. The second kappa shape index (κ2) is 7.25. The Hall–Kier alpha value is -3.19. The Morgan fingerprint density at radius 2 is 2.20 bits per heavy atom. The maximum Gasteiger partial charge on any atom is 0.246 e. The molecule has 0 radical (unpaired) electrons. The second-order valence-electron chi connectivity index (χ2n) is 7.50. The minimum atomic E-state index is -0.0726. The molecule has 7 nitrogen and oxygen atoms in total. The lowest BCUT2D eigenvalue weighted by Gasteiger charge is -2.40. The summed E-state index contributed by atoms with van der Waals surface area (Å²) in [7, 11) is 0. The van der Waals surface area contributed by atoms with E-state index in [2.05, 4.69) is 26.4 Å². The quantitative estimate of drug-likeness (QED) is 0.591. The Morgan fingerprint density at radius 3 is 3.00 bits per heavy atom. The number of piperazine rings is 1. The standard InChI is InChI=1S/C22H20ClN5O2/c1-3-18(29)27-6-7-28-14(10-27)11-30-21-19-17(25-12-26-22(19)28)8-15(20(21)23)16-9-24-5-4-13(16)2/h3-5,8-9,12,14H,1,6-7,10-11H2,2H3/t14-/m0/s1. The zero-order chi connectivity index (χ0) is 20.8. The number of halogens is 1. The molecule has 8 heteroatoms. The number of ether oxygens (including phenoxy) is 1. The van der Waals surface area contributed by atoms with Gasteiger partial charge in [0.1, 0.15) is 18.8 Å². The highest BCUT2D eigenvalue weighted by atomic mass is 35.5. The molecule has 30 heavy (non-hydrogen) atoms. The van der Waals surface area contributed by atoms with E-state index in [0.29, 0.717) is 37.0 Å². The number of carbonyl (C=O) groups is 1. The Balaban J connectivity index is 1.65. The molecule has 0 unspecified atom stereocenters. The summed E-state index contributed by atoms with van der Waals surface area (Å²) in [5.74, 6) is 1.30. The number of hydrogen-bond acceptors (Lipinski definition) is 6. The molecule has 0 aliphatic carbocycles. The maximum atomic E-state index is 12.1. The van der Waals surface area contributed by atoms with Gasteiger partial charge in [-0.2, -0.15) is 0 Å². The molecular weight excluding hydrogens is 402 g/mol. The van der Waals surface area contributed by atoms with E-state index in [-0.39, 0.29) is 11.9 Å². The average Bonchev–Trinajstić information content (AvgIpc) is 2.94. The van der Waals surface area contributed by atoms with Crippen LogP contribution in [0.5, 0.6) is 5.75 Å². The highest BCUT2D eigenvalue weighted by Crippen LogP contribution is 2.46. The first-order valence-corrected chi connectivity index (χ1v) is 10.1. The van der Waals surface area contributed by atoms with E-state index in [4.69, 9.17) is 16.3 Å². The first kappa shape index (κ1) is 18.8. The van der Waals surface area contributed by atoms with E-state index >= 15 is 0 Å². The van der Waals surface area contributed by atoms with Crippen molar-refractivity contribution in [3.05, 3.63) is 54.1 Å². The molecule has 152 valence electrons. The van der Waals surface area contributed by atoms with Gasteiger partial charge < -0.3 is 14.5 Å². The fraction of sp³-hybridized carbons (Fsp3) is 0.273. The van der Waals surface area contributed by atoms with E-state index in [0.717, 1.165) is 33.4 Å². The Labute approximate surface area is 179 Å². The lowest BCUT2D eigenvalue weighted by Crippen LogP contribution is -2.56. The van der Waals surface area contributed by atoms with E-state index in [1.807, 2.05) is 19.1 Å². The van der Waals surface area contributed by atoms with Crippen LogP contribution in [0.1, 0.15) is 5.56 Å². The Morgan fingerprint density at radius 1 is 1.33 bits per heavy atom. The van der Waals surface area contributed by atoms with Crippen LogP contribution in [0.15, 0.2) is 43.5 Å². The summed E-state index contributed by atoms with van der Waals surface area (Å²) >= 11 is 6.87. The summed E-state index contributed by atoms with van der Waals surface area (Å²) in [5, 5.41) is 1.33. The summed E-state index contributed by atoms with van der Waals surface area (Å²) in [6.07, 6.45) is 6.48. The van der Waals surface area contributed by atoms with Crippen molar-refractivity contribution in [1.29, 1.82) is 0 Å². The summed E-state index contributed by atoms with van der Waals surface area (Å²) in [5.41, 5.74) is 3.60. The van der Waals surface area contributed by atoms with Gasteiger partial charge in [-0.25, -0.2) is 9.97 Å². The van der Waals surface area contributed by atoms with E-state index < -0.39 is 0 Å². The van der Waals surface area contributed by atoms with Gasteiger partial charge in [0.2, 0.25) is 5.91 Å². The monoisotopic (exact) mass is 421 g/mol. The minimum Gasteiger partial charge on any atom is -0.489 e. The van der Waals surface area contributed by atoms with Crippen LogP contribution >= 0.6 is 11.6 Å². The van der Waals surface area contributed by atoms with Crippen molar-refractivity contribution >= 4 is 34.2 Å². The zero-order valence-electron chi connectivity index (χ0n) is 16.5. The third kappa shape index (κ3) is 2.89. The third-order valence-electron chi connectivity index (χ3n) is 5.79. The lowest BCUT2D eigenvalue weighted by atomic mass is 10.0. The Kier molecular flexibility index (Phi) is 4.55. The number of carbonyl (C=O) groups excluding carboxylic acids is 1. The Bertz CT molecular complexity index is 1180. The lowest BCUT2D eigenvalue weighted by molar-refractivity contribution is -0.126. The highest BCUT2D eigenvalue weighted by Gasteiger charge is 2.35. The van der Waals surface area contributed by atoms with Gasteiger partial charge in [0.05, 0.1) is 22.0 Å². The van der Waals surface area contributed by atoms with Gasteiger partial charge in [-0.15, -0.1) is 0 Å². The number of aromatic nitrogens is 3. The van der Waals surface area contributed by atoms with Crippen LogP contribution in [0.2, 0.25) is 5.02 Å². The van der Waals surface area contributed by atoms with Gasteiger partial charge in [-0.05, 0) is 30.7 Å². The van der Waals surface area contributed by atoms with Crippen LogP contribution in [0, 0.1) is 6.92 Å². The summed E-state index contributed by atoms with van der Waals surface area (Å²) in [6.45, 7) is 7.80. The van der Waals surface area contributed by atoms with E-state index in [9.17, 15) is 4.79 Å². The van der Waals surface area contributed by atoms with Crippen LogP contribution in [-0.4, -0.2) is 58.0 Å². The largest absolute Gasteiger partial charge is 0.489 e. The van der Waals surface area contributed by atoms with Crippen molar-refractivity contribution in [2.24, 2.45) is 0 Å². The van der Waals surface area contributed by atoms with Crippen LogP contribution in [-0.2, 0) is 4.79 Å². The number of amides is 1. The number of pyridine rings is 1. The number of rotatable bonds is 2. The summed E-state index contributed by atoms with van der Waals surface area (Å²) in [6, 6.07) is 3.89. The summed E-state index contributed by atoms with van der Waals surface area (Å²) in [4.78, 5) is 29.4. The molecule has 1 atom stereocenters. The molecule has 1 amide bonds. The molecule has 1 saturated heterocycles. The molecule has 2 aliphatic heterocycles. The van der Waals surface area contributed by atoms with Gasteiger partial charge in [-0.3, -0.25) is 9.78 Å². The first-order chi connectivity index (χ1) is 14.6. The molecule has 2 aromatic heterocycles. The van der Waals surface area contributed by atoms with Crippen molar-refractivity contribution in [3.8, 4) is 16.9 Å². The smallest absolute Gasteiger partial charge is 0.246 e. The van der Waals surface area contributed by atoms with E-state index in [1.165, 1.54) is 6.08 Å². The van der Waals surface area contributed by atoms with Gasteiger partial charge in [0.15, 0.2) is 5.75 Å². The molecule has 3 aromatic rings. The molecule has 0 saturated carbocycles. The van der Waals surface area contributed by atoms with Crippen LogP contribution in [0.3, 0.4) is 0 Å². The van der Waals surface area contributed by atoms with Gasteiger partial charge in [-0.1, -0.05) is 18.2 Å². The average molecular weight is 422 g/mol. The SMILES string of the molecule is C=CC(=O)N1CCN2c3ncnc4cc(-c5cnccc5C)c(Cl)c(c34)OC[C@@H]2C1. The fourth-order valence-electron chi connectivity index (χ4n) is 4.23. The van der Waals surface area contributed by atoms with Gasteiger partial charge in [0.25, 0.3) is 0 Å². The number of nitrogens with zero attached hydrogens (tertiary/aromatic N) is 5. The van der Waals surface area contributed by atoms with Crippen molar-refractivity contribution in [2.45, 2.75) is 13.0 Å². The predicted molar refractivity (Wildman–Crippen MR) is 116 cm³/mol. The number of benzene rings is 1. The molecule has 0 bridgehead atoms. The molecule has 0 N–H and O–H groups in total. The first-order valence-electron chi connectivity index (χ1n) is 9.77. The van der Waals surface area contributed by atoms with Gasteiger partial charge in [0, 0.05) is 43.2 Å². The molecule has 5 rings (SSSR count). The third-order valence-corrected chi connectivity index (χ3v) is 6.17. The molecule has 1 aromatic carbocycles. The number of anilines is 1. The molecule has 1 fully saturated rings. The van der Waals surface area contributed by atoms with Crippen LogP contribution in [0.25, 0.3) is 22.0 Å². The molecule has 0 spiro atoms. The molecule has 4 heterocycles. The van der Waals surface area contributed by atoms with Crippen molar-refractivity contribution in [3.63, 3.8) is 0 Å². The second-order valence-corrected chi connectivity index (χ2v) is 7.87. The van der Waals surface area contributed by atoms with Crippen molar-refractivity contribution < 1.29 is 9.53 Å². The zero-order valence-corrected chi connectivity index (χ0v) is 17.3. The van der Waals surface area contributed by atoms with Crippen LogP contribution in [0.4, 0.5) is 5.82 Å². The highest BCUT2D eigenvalue weighted by molar-refractivity contribution is 6.36. The number of hydrogen-bond donors (Lipinski definition) is 0. The van der Waals surface area contributed by atoms with Gasteiger partial charge >= 0.3 is 0 Å². The van der Waals surface area contributed by atoms with Crippen molar-refractivity contribution in [2.75, 3.05) is 31.1 Å². The number of fused-ring (bicyclic) bond motifs is 2. The molecule has 2 aliphatic rings. The number of aryl methyl sites for hydroxylation is 1. The normalized spacial score (nSPS) is 17.9. The maximum absolute atomic E-state index is 12.1. The van der Waals surface area contributed by atoms with Crippen molar-refractivity contribution in [1.82, 2.24) is 19.9 Å². The minimum absolute atomic E-state index is 0.0344. The summed E-state index contributed by atoms with van der Waals surface area (Å²) < 4.78 is 6.25. The fourth-order valence-corrected chi connectivity index (χ4v) is 4.54. The predicted octanol–water partition coefficient (Wildman–Crippen LogP) is 3.25.